The molecule has 6 atom stereocenters. The standard InChI is InChI=1S/C34H52O3/c1-5-6-7-8-11-31(36)34(21-22-34)32(37)19-13-25(3)29-17-18-30-26(10-9-20-33(29,30)4)14-15-27-23-28(35)16-12-24(27)2/h13-15,19,25,28-30,32,35,37H,2,5-12,16-18,20-23H2,1,3-4H3/b19-13+,26-14+,27-15-/t25-,28+,29-,30+,32-,33-/m1/s1. The second kappa shape index (κ2) is 12.2. The topological polar surface area (TPSA) is 57.5 Å². The average molecular weight is 509 g/mol. The maximum absolute atomic E-state index is 12.9. The molecule has 4 rings (SSSR count). The van der Waals surface area contributed by atoms with E-state index in [-0.39, 0.29) is 17.3 Å². The van der Waals surface area contributed by atoms with Crippen molar-refractivity contribution in [3.63, 3.8) is 0 Å². The zero-order valence-electron chi connectivity index (χ0n) is 23.8. The summed E-state index contributed by atoms with van der Waals surface area (Å²) in [6.07, 6.45) is 23.4. The van der Waals surface area contributed by atoms with Gasteiger partial charge in [-0.2, -0.15) is 0 Å². The Morgan fingerprint density at radius 1 is 1.08 bits per heavy atom. The van der Waals surface area contributed by atoms with Crippen molar-refractivity contribution < 1.29 is 15.0 Å². The Bertz CT molecular complexity index is 919. The first-order valence-corrected chi connectivity index (χ1v) is 15.4. The van der Waals surface area contributed by atoms with Crippen LogP contribution in [0.5, 0.6) is 0 Å². The second-order valence-electron chi connectivity index (χ2n) is 13.1. The third-order valence-electron chi connectivity index (χ3n) is 10.6. The number of carbonyl (C=O) groups is 1. The van der Waals surface area contributed by atoms with Gasteiger partial charge in [-0.25, -0.2) is 0 Å². The molecule has 0 amide bonds. The van der Waals surface area contributed by atoms with Crippen LogP contribution in [0.1, 0.15) is 117 Å². The smallest absolute Gasteiger partial charge is 0.141 e. The van der Waals surface area contributed by atoms with E-state index in [1.54, 1.807) is 5.57 Å². The highest BCUT2D eigenvalue weighted by Gasteiger charge is 2.54. The summed E-state index contributed by atoms with van der Waals surface area (Å²) < 4.78 is 0. The van der Waals surface area contributed by atoms with Gasteiger partial charge in [0.2, 0.25) is 0 Å². The maximum atomic E-state index is 12.9. The van der Waals surface area contributed by atoms with E-state index >= 15 is 0 Å². The molecule has 0 heterocycles. The highest BCUT2D eigenvalue weighted by Crippen LogP contribution is 2.60. The first-order chi connectivity index (χ1) is 17.7. The number of hydrogen-bond acceptors (Lipinski definition) is 3. The summed E-state index contributed by atoms with van der Waals surface area (Å²) in [7, 11) is 0. The lowest BCUT2D eigenvalue weighted by Crippen LogP contribution is -2.35. The summed E-state index contributed by atoms with van der Waals surface area (Å²) in [5, 5.41) is 21.1. The van der Waals surface area contributed by atoms with Crippen molar-refractivity contribution in [1.29, 1.82) is 0 Å². The van der Waals surface area contributed by atoms with Gasteiger partial charge < -0.3 is 10.2 Å². The molecule has 4 aliphatic carbocycles. The van der Waals surface area contributed by atoms with Gasteiger partial charge in [-0.05, 0) is 99.4 Å². The normalized spacial score (nSPS) is 35.2. The predicted octanol–water partition coefficient (Wildman–Crippen LogP) is 8.03. The van der Waals surface area contributed by atoms with Crippen molar-refractivity contribution in [3.05, 3.63) is 47.6 Å². The first-order valence-electron chi connectivity index (χ1n) is 15.4. The van der Waals surface area contributed by atoms with Crippen LogP contribution in [0.2, 0.25) is 0 Å². The van der Waals surface area contributed by atoms with Crippen LogP contribution in [0, 0.1) is 28.6 Å². The lowest BCUT2D eigenvalue weighted by atomic mass is 9.61. The highest BCUT2D eigenvalue weighted by atomic mass is 16.3. The van der Waals surface area contributed by atoms with E-state index in [0.29, 0.717) is 24.2 Å². The Hall–Kier alpha value is -1.45. The molecule has 206 valence electrons. The van der Waals surface area contributed by atoms with Crippen LogP contribution < -0.4 is 0 Å². The second-order valence-corrected chi connectivity index (χ2v) is 13.1. The number of rotatable bonds is 11. The van der Waals surface area contributed by atoms with Crippen LogP contribution in [0.15, 0.2) is 47.6 Å². The molecule has 0 bridgehead atoms. The van der Waals surface area contributed by atoms with E-state index in [4.69, 9.17) is 0 Å². The molecule has 37 heavy (non-hydrogen) atoms. The van der Waals surface area contributed by atoms with Crippen molar-refractivity contribution >= 4 is 5.78 Å². The van der Waals surface area contributed by atoms with Gasteiger partial charge in [-0.3, -0.25) is 4.79 Å². The Morgan fingerprint density at radius 2 is 1.86 bits per heavy atom. The summed E-state index contributed by atoms with van der Waals surface area (Å²) in [5.74, 6) is 1.89. The number of ketones is 1. The molecule has 0 aromatic heterocycles. The van der Waals surface area contributed by atoms with E-state index in [0.717, 1.165) is 44.9 Å². The number of carbonyl (C=O) groups excluding carboxylic acids is 1. The number of aliphatic hydroxyl groups is 2. The number of unbranched alkanes of at least 4 members (excludes halogenated alkanes) is 3. The number of aliphatic hydroxyl groups excluding tert-OH is 2. The SMILES string of the molecule is C=C1CC[C@H](O)C/C1=C/C=C1\CCC[C@]2(C)[C@@H]([C@H](C)/C=C/[C@@H](O)C3(C(=O)CCCCCC)CC3)CC[C@@H]12. The average Bonchev–Trinajstić information content (AvgIpc) is 3.62. The molecule has 0 aliphatic heterocycles. The fourth-order valence-corrected chi connectivity index (χ4v) is 7.97. The molecule has 0 saturated heterocycles. The van der Waals surface area contributed by atoms with Crippen LogP contribution in [-0.4, -0.2) is 28.2 Å². The van der Waals surface area contributed by atoms with Crippen molar-refractivity contribution in [2.45, 2.75) is 129 Å². The van der Waals surface area contributed by atoms with Gasteiger partial charge in [0.15, 0.2) is 0 Å². The van der Waals surface area contributed by atoms with Gasteiger partial charge in [0.25, 0.3) is 0 Å². The lowest BCUT2D eigenvalue weighted by molar-refractivity contribution is -0.127. The predicted molar refractivity (Wildman–Crippen MR) is 153 cm³/mol. The van der Waals surface area contributed by atoms with E-state index in [1.165, 1.54) is 56.1 Å². The zero-order chi connectivity index (χ0) is 26.6. The van der Waals surface area contributed by atoms with Gasteiger partial charge >= 0.3 is 0 Å². The minimum Gasteiger partial charge on any atom is -0.393 e. The number of hydrogen-bond donors (Lipinski definition) is 2. The van der Waals surface area contributed by atoms with Crippen LogP contribution in [0.4, 0.5) is 0 Å². The van der Waals surface area contributed by atoms with Crippen molar-refractivity contribution in [2.75, 3.05) is 0 Å². The van der Waals surface area contributed by atoms with E-state index in [1.807, 2.05) is 6.08 Å². The molecule has 0 aromatic carbocycles. The molecular formula is C34H52O3. The van der Waals surface area contributed by atoms with Gasteiger partial charge in [-0.15, -0.1) is 0 Å². The van der Waals surface area contributed by atoms with Gasteiger partial charge in [0.1, 0.15) is 5.78 Å². The minimum atomic E-state index is -0.633. The highest BCUT2D eigenvalue weighted by molar-refractivity contribution is 5.88. The molecule has 4 aliphatic rings. The van der Waals surface area contributed by atoms with Gasteiger partial charge in [0.05, 0.1) is 17.6 Å². The summed E-state index contributed by atoms with van der Waals surface area (Å²) in [6.45, 7) is 11.3. The Labute approximate surface area is 226 Å². The molecule has 3 heteroatoms. The van der Waals surface area contributed by atoms with Crippen LogP contribution in [0.3, 0.4) is 0 Å². The quantitative estimate of drug-likeness (QED) is 0.219. The molecule has 0 aromatic rings. The van der Waals surface area contributed by atoms with E-state index in [9.17, 15) is 15.0 Å². The molecule has 4 saturated carbocycles. The molecule has 0 spiro atoms. The third kappa shape index (κ3) is 6.25. The molecule has 3 nitrogen and oxygen atoms in total. The largest absolute Gasteiger partial charge is 0.393 e. The summed E-state index contributed by atoms with van der Waals surface area (Å²) >= 11 is 0. The third-order valence-corrected chi connectivity index (χ3v) is 10.6. The van der Waals surface area contributed by atoms with Crippen molar-refractivity contribution in [1.82, 2.24) is 0 Å². The molecule has 0 unspecified atom stereocenters. The summed E-state index contributed by atoms with van der Waals surface area (Å²) in [5.41, 5.74) is 3.79. The van der Waals surface area contributed by atoms with Crippen LogP contribution in [0.25, 0.3) is 0 Å². The molecule has 0 radical (unpaired) electrons. The van der Waals surface area contributed by atoms with Crippen LogP contribution >= 0.6 is 0 Å². The summed E-state index contributed by atoms with van der Waals surface area (Å²) in [4.78, 5) is 12.9. The fraction of sp³-hybridized carbons (Fsp3) is 0.735. The number of Topliss-reactive ketones (excluding diaryl/α,β-unsaturated/α-hetero) is 1. The molecule has 2 N–H and O–H groups in total. The zero-order valence-corrected chi connectivity index (χ0v) is 23.8. The van der Waals surface area contributed by atoms with Crippen molar-refractivity contribution in [2.24, 2.45) is 28.6 Å². The summed E-state index contributed by atoms with van der Waals surface area (Å²) in [6, 6.07) is 0. The monoisotopic (exact) mass is 508 g/mol. The van der Waals surface area contributed by atoms with Gasteiger partial charge in [-0.1, -0.05) is 82.1 Å². The molecular weight excluding hydrogens is 456 g/mol. The van der Waals surface area contributed by atoms with Crippen molar-refractivity contribution in [3.8, 4) is 0 Å². The Kier molecular flexibility index (Phi) is 9.39. The number of fused-ring (bicyclic) bond motifs is 1. The lowest BCUT2D eigenvalue weighted by Gasteiger charge is -2.44. The first kappa shape index (κ1) is 28.6. The van der Waals surface area contributed by atoms with Gasteiger partial charge in [0, 0.05) is 6.42 Å². The van der Waals surface area contributed by atoms with E-state index < -0.39 is 11.5 Å². The Morgan fingerprint density at radius 3 is 2.59 bits per heavy atom. The Balaban J connectivity index is 1.39. The fourth-order valence-electron chi connectivity index (χ4n) is 7.97. The minimum absolute atomic E-state index is 0.225. The molecule has 4 fully saturated rings. The van der Waals surface area contributed by atoms with E-state index in [2.05, 4.69) is 45.6 Å². The maximum Gasteiger partial charge on any atom is 0.141 e. The van der Waals surface area contributed by atoms with Crippen LogP contribution in [-0.2, 0) is 4.79 Å². The number of allylic oxidation sites excluding steroid dienone is 5.